The topological polar surface area (TPSA) is 70.1 Å². The van der Waals surface area contributed by atoms with Gasteiger partial charge >= 0.3 is 6.09 Å². The SMILES string of the molecule is CCCC(C)N1CC2(CCN(C(=O)c3ccc(O)c(C)c3)CC2)OC1=O. The number of piperidine rings is 1. The van der Waals surface area contributed by atoms with Crippen molar-refractivity contribution in [2.45, 2.75) is 58.1 Å². The minimum absolute atomic E-state index is 0.0384. The summed E-state index contributed by atoms with van der Waals surface area (Å²) in [6.07, 6.45) is 3.11. The van der Waals surface area contributed by atoms with Crippen molar-refractivity contribution in [2.24, 2.45) is 0 Å². The maximum Gasteiger partial charge on any atom is 0.410 e. The molecular formula is C20H28N2O4. The maximum atomic E-state index is 12.7. The second-order valence-corrected chi connectivity index (χ2v) is 7.61. The maximum absolute atomic E-state index is 12.7. The highest BCUT2D eigenvalue weighted by molar-refractivity contribution is 5.94. The molecule has 2 aliphatic rings. The van der Waals surface area contributed by atoms with Crippen LogP contribution in [0.4, 0.5) is 4.79 Å². The second-order valence-electron chi connectivity index (χ2n) is 7.61. The number of aryl methyl sites for hydroxylation is 1. The fourth-order valence-corrected chi connectivity index (χ4v) is 3.91. The number of amides is 2. The van der Waals surface area contributed by atoms with E-state index in [1.807, 2.05) is 9.80 Å². The van der Waals surface area contributed by atoms with Gasteiger partial charge in [-0.15, -0.1) is 0 Å². The molecule has 6 heteroatoms. The second kappa shape index (κ2) is 7.17. The Morgan fingerprint density at radius 2 is 2.04 bits per heavy atom. The third kappa shape index (κ3) is 3.50. The summed E-state index contributed by atoms with van der Waals surface area (Å²) in [6, 6.07) is 5.11. The van der Waals surface area contributed by atoms with Crippen LogP contribution in [0.5, 0.6) is 5.75 Å². The molecule has 142 valence electrons. The van der Waals surface area contributed by atoms with Crippen molar-refractivity contribution < 1.29 is 19.4 Å². The fraction of sp³-hybridized carbons (Fsp3) is 0.600. The van der Waals surface area contributed by atoms with E-state index >= 15 is 0 Å². The molecule has 0 saturated carbocycles. The number of carbonyl (C=O) groups excluding carboxylic acids is 2. The van der Waals surface area contributed by atoms with E-state index in [1.54, 1.807) is 25.1 Å². The van der Waals surface area contributed by atoms with Crippen LogP contribution in [0.1, 0.15) is 55.5 Å². The molecular weight excluding hydrogens is 332 g/mol. The zero-order valence-electron chi connectivity index (χ0n) is 15.8. The summed E-state index contributed by atoms with van der Waals surface area (Å²) in [6.45, 7) is 7.72. The number of ether oxygens (including phenoxy) is 1. The van der Waals surface area contributed by atoms with E-state index in [0.717, 1.165) is 12.8 Å². The van der Waals surface area contributed by atoms with Crippen molar-refractivity contribution in [1.29, 1.82) is 0 Å². The van der Waals surface area contributed by atoms with Gasteiger partial charge < -0.3 is 19.6 Å². The Hall–Kier alpha value is -2.24. The van der Waals surface area contributed by atoms with Crippen LogP contribution in [0, 0.1) is 6.92 Å². The Morgan fingerprint density at radius 1 is 1.35 bits per heavy atom. The van der Waals surface area contributed by atoms with Crippen LogP contribution in [0.2, 0.25) is 0 Å². The molecule has 0 radical (unpaired) electrons. The van der Waals surface area contributed by atoms with Crippen molar-refractivity contribution in [2.75, 3.05) is 19.6 Å². The summed E-state index contributed by atoms with van der Waals surface area (Å²) >= 11 is 0. The van der Waals surface area contributed by atoms with E-state index in [4.69, 9.17) is 4.74 Å². The van der Waals surface area contributed by atoms with E-state index < -0.39 is 5.60 Å². The average Bonchev–Trinajstić information content (AvgIpc) is 2.94. The number of rotatable bonds is 4. The molecule has 26 heavy (non-hydrogen) atoms. The van der Waals surface area contributed by atoms with Crippen LogP contribution < -0.4 is 0 Å². The average molecular weight is 360 g/mol. The molecule has 1 spiro atoms. The molecule has 2 heterocycles. The third-order valence-corrected chi connectivity index (χ3v) is 5.64. The van der Waals surface area contributed by atoms with E-state index in [9.17, 15) is 14.7 Å². The van der Waals surface area contributed by atoms with Crippen molar-refractivity contribution in [1.82, 2.24) is 9.80 Å². The smallest absolute Gasteiger partial charge is 0.410 e. The molecule has 6 nitrogen and oxygen atoms in total. The molecule has 2 amide bonds. The molecule has 2 saturated heterocycles. The van der Waals surface area contributed by atoms with Gasteiger partial charge in [0.15, 0.2) is 0 Å². The normalized spacial score (nSPS) is 20.3. The van der Waals surface area contributed by atoms with E-state index in [-0.39, 0.29) is 23.8 Å². The number of carbonyl (C=O) groups is 2. The lowest BCUT2D eigenvalue weighted by Crippen LogP contribution is -2.49. The zero-order valence-corrected chi connectivity index (χ0v) is 15.8. The molecule has 0 aromatic heterocycles. The van der Waals surface area contributed by atoms with Gasteiger partial charge in [-0.25, -0.2) is 4.79 Å². The predicted molar refractivity (Wildman–Crippen MR) is 98.3 cm³/mol. The summed E-state index contributed by atoms with van der Waals surface area (Å²) in [4.78, 5) is 28.6. The molecule has 1 aromatic carbocycles. The number of hydrogen-bond donors (Lipinski definition) is 1. The van der Waals surface area contributed by atoms with Gasteiger partial charge in [0.1, 0.15) is 11.4 Å². The summed E-state index contributed by atoms with van der Waals surface area (Å²) < 4.78 is 5.75. The lowest BCUT2D eigenvalue weighted by Gasteiger charge is -2.37. The summed E-state index contributed by atoms with van der Waals surface area (Å²) in [5.41, 5.74) is 0.813. The highest BCUT2D eigenvalue weighted by Gasteiger charge is 2.48. The standard InChI is InChI=1S/C20H28N2O4/c1-4-5-15(3)22-13-20(26-19(22)25)8-10-21(11-9-20)18(24)16-6-7-17(23)14(2)12-16/h6-7,12,15,23H,4-5,8-11,13H2,1-3H3. The van der Waals surface area contributed by atoms with Gasteiger partial charge in [-0.2, -0.15) is 0 Å². The number of likely N-dealkylation sites (tertiary alicyclic amines) is 1. The summed E-state index contributed by atoms with van der Waals surface area (Å²) in [7, 11) is 0. The monoisotopic (exact) mass is 360 g/mol. The van der Waals surface area contributed by atoms with Crippen molar-refractivity contribution in [3.63, 3.8) is 0 Å². The number of benzene rings is 1. The van der Waals surface area contributed by atoms with Crippen molar-refractivity contribution >= 4 is 12.0 Å². The number of phenols is 1. The number of aromatic hydroxyl groups is 1. The first kappa shape index (κ1) is 18.5. The fourth-order valence-electron chi connectivity index (χ4n) is 3.91. The zero-order chi connectivity index (χ0) is 18.9. The van der Waals surface area contributed by atoms with Gasteiger partial charge in [-0.3, -0.25) is 4.79 Å². The first-order valence-corrected chi connectivity index (χ1v) is 9.44. The quantitative estimate of drug-likeness (QED) is 0.894. The van der Waals surface area contributed by atoms with Crippen LogP contribution in [-0.2, 0) is 4.74 Å². The molecule has 0 bridgehead atoms. The molecule has 2 fully saturated rings. The van der Waals surface area contributed by atoms with Gasteiger partial charge in [0.2, 0.25) is 0 Å². The van der Waals surface area contributed by atoms with E-state index in [0.29, 0.717) is 43.6 Å². The molecule has 1 unspecified atom stereocenters. The predicted octanol–water partition coefficient (Wildman–Crippen LogP) is 3.32. The largest absolute Gasteiger partial charge is 0.508 e. The van der Waals surface area contributed by atoms with Gasteiger partial charge in [0.05, 0.1) is 6.54 Å². The Bertz CT molecular complexity index is 695. The molecule has 2 aliphatic heterocycles. The van der Waals surface area contributed by atoms with Crippen molar-refractivity contribution in [3.8, 4) is 5.75 Å². The van der Waals surface area contributed by atoms with Crippen LogP contribution in [0.25, 0.3) is 0 Å². The highest BCUT2D eigenvalue weighted by atomic mass is 16.6. The molecule has 3 rings (SSSR count). The molecule has 0 aliphatic carbocycles. The van der Waals surface area contributed by atoms with Crippen LogP contribution in [0.3, 0.4) is 0 Å². The number of nitrogens with zero attached hydrogens (tertiary/aromatic N) is 2. The van der Waals surface area contributed by atoms with Gasteiger partial charge in [-0.05, 0) is 44.0 Å². The number of phenolic OH excluding ortho intramolecular Hbond substituents is 1. The Kier molecular flexibility index (Phi) is 5.12. The lowest BCUT2D eigenvalue weighted by molar-refractivity contribution is 0.00306. The minimum Gasteiger partial charge on any atom is -0.508 e. The Balaban J connectivity index is 1.63. The third-order valence-electron chi connectivity index (χ3n) is 5.64. The molecule has 1 atom stereocenters. The number of hydrogen-bond acceptors (Lipinski definition) is 4. The van der Waals surface area contributed by atoms with E-state index in [1.165, 1.54) is 0 Å². The van der Waals surface area contributed by atoms with Crippen molar-refractivity contribution in [3.05, 3.63) is 29.3 Å². The highest BCUT2D eigenvalue weighted by Crippen LogP contribution is 2.35. The molecule has 1 N–H and O–H groups in total. The first-order chi connectivity index (χ1) is 12.3. The Morgan fingerprint density at radius 3 is 2.65 bits per heavy atom. The summed E-state index contributed by atoms with van der Waals surface area (Å²) in [5.74, 6) is 0.154. The minimum atomic E-state index is -0.458. The van der Waals surface area contributed by atoms with Gasteiger partial charge in [0, 0.05) is 37.5 Å². The molecule has 1 aromatic rings. The lowest BCUT2D eigenvalue weighted by atomic mass is 9.90. The van der Waals surface area contributed by atoms with Crippen LogP contribution in [0.15, 0.2) is 18.2 Å². The van der Waals surface area contributed by atoms with Crippen LogP contribution >= 0.6 is 0 Å². The van der Waals surface area contributed by atoms with Gasteiger partial charge in [0.25, 0.3) is 5.91 Å². The van der Waals surface area contributed by atoms with Gasteiger partial charge in [-0.1, -0.05) is 13.3 Å². The van der Waals surface area contributed by atoms with E-state index in [2.05, 4.69) is 13.8 Å². The summed E-state index contributed by atoms with van der Waals surface area (Å²) in [5, 5.41) is 9.63. The Labute approximate surface area is 154 Å². The first-order valence-electron chi connectivity index (χ1n) is 9.44. The van der Waals surface area contributed by atoms with Crippen LogP contribution in [-0.4, -0.2) is 58.2 Å².